The summed E-state index contributed by atoms with van der Waals surface area (Å²) in [6.07, 6.45) is 4.51. The first kappa shape index (κ1) is 21.8. The summed E-state index contributed by atoms with van der Waals surface area (Å²) in [4.78, 5) is 13.0. The van der Waals surface area contributed by atoms with Crippen LogP contribution in [0.5, 0.6) is 11.6 Å². The molecule has 3 aromatic heterocycles. The van der Waals surface area contributed by atoms with Gasteiger partial charge in [-0.05, 0) is 55.3 Å². The Balaban J connectivity index is 1.44. The van der Waals surface area contributed by atoms with E-state index in [0.29, 0.717) is 29.0 Å². The van der Waals surface area contributed by atoms with Crippen LogP contribution in [0.1, 0.15) is 11.3 Å². The van der Waals surface area contributed by atoms with Crippen molar-refractivity contribution in [3.8, 4) is 22.8 Å². The van der Waals surface area contributed by atoms with Crippen LogP contribution < -0.4 is 21.3 Å². The Bertz CT molecular complexity index is 1620. The van der Waals surface area contributed by atoms with Gasteiger partial charge >= 0.3 is 0 Å². The van der Waals surface area contributed by atoms with Gasteiger partial charge in [0.2, 0.25) is 5.88 Å². The fourth-order valence-electron chi connectivity index (χ4n) is 3.75. The molecule has 0 atom stereocenters. The van der Waals surface area contributed by atoms with Crippen LogP contribution in [0.3, 0.4) is 0 Å². The molecule has 0 saturated heterocycles. The van der Waals surface area contributed by atoms with Crippen molar-refractivity contribution in [1.82, 2.24) is 24.7 Å². The van der Waals surface area contributed by atoms with Crippen LogP contribution in [0.2, 0.25) is 0 Å². The summed E-state index contributed by atoms with van der Waals surface area (Å²) in [7, 11) is 0. The standard InChI is InChI=1S/C25H22N8O2/c1-4-33-13-30-22(11-21(33)26)34-20-8-6-17(9-14(20)2)31-25-18-10-16(5-7-19(18)28-12-29-25)23-15(3)35-32-24(23)27/h4-13,26H,1H2,2-3H3,(H2,27,32)(H,28,29,31). The normalized spacial score (nSPS) is 10.9. The number of anilines is 3. The molecule has 0 aliphatic heterocycles. The maximum absolute atomic E-state index is 7.97. The predicted octanol–water partition coefficient (Wildman–Crippen LogP) is 4.80. The summed E-state index contributed by atoms with van der Waals surface area (Å²) < 4.78 is 12.6. The van der Waals surface area contributed by atoms with Crippen LogP contribution in [0, 0.1) is 19.3 Å². The zero-order valence-electron chi connectivity index (χ0n) is 19.1. The van der Waals surface area contributed by atoms with E-state index in [1.54, 1.807) is 0 Å². The molecule has 35 heavy (non-hydrogen) atoms. The minimum atomic E-state index is 0.221. The highest BCUT2D eigenvalue weighted by molar-refractivity contribution is 5.95. The largest absolute Gasteiger partial charge is 0.439 e. The van der Waals surface area contributed by atoms with E-state index in [-0.39, 0.29) is 5.49 Å². The Morgan fingerprint density at radius 2 is 1.97 bits per heavy atom. The molecule has 0 fully saturated rings. The third-order valence-electron chi connectivity index (χ3n) is 5.51. The lowest BCUT2D eigenvalue weighted by Gasteiger charge is -2.13. The molecule has 3 heterocycles. The van der Waals surface area contributed by atoms with Crippen molar-refractivity contribution in [2.75, 3.05) is 11.1 Å². The number of nitrogens with two attached hydrogens (primary N) is 1. The van der Waals surface area contributed by atoms with Crippen molar-refractivity contribution in [3.63, 3.8) is 0 Å². The number of benzene rings is 2. The van der Waals surface area contributed by atoms with Gasteiger partial charge in [0.1, 0.15) is 35.5 Å². The Hall–Kier alpha value is -4.99. The van der Waals surface area contributed by atoms with E-state index in [1.807, 2.05) is 50.2 Å². The Labute approximate surface area is 200 Å². The first-order valence-electron chi connectivity index (χ1n) is 10.7. The van der Waals surface area contributed by atoms with Gasteiger partial charge in [-0.15, -0.1) is 0 Å². The molecule has 10 nitrogen and oxygen atoms in total. The fraction of sp³-hybridized carbons (Fsp3) is 0.0800. The van der Waals surface area contributed by atoms with Gasteiger partial charge in [-0.1, -0.05) is 17.8 Å². The quantitative estimate of drug-likeness (QED) is 0.324. The van der Waals surface area contributed by atoms with Gasteiger partial charge in [0.05, 0.1) is 11.1 Å². The van der Waals surface area contributed by atoms with Gasteiger partial charge in [0, 0.05) is 23.3 Å². The summed E-state index contributed by atoms with van der Waals surface area (Å²) in [6, 6.07) is 13.0. The van der Waals surface area contributed by atoms with E-state index in [4.69, 9.17) is 20.4 Å². The molecule has 4 N–H and O–H groups in total. The van der Waals surface area contributed by atoms with Gasteiger partial charge in [-0.25, -0.2) is 15.0 Å². The Morgan fingerprint density at radius 1 is 1.11 bits per heavy atom. The smallest absolute Gasteiger partial charge is 0.224 e. The van der Waals surface area contributed by atoms with Gasteiger partial charge in [0.25, 0.3) is 0 Å². The molecule has 0 bridgehead atoms. The molecule has 2 aromatic carbocycles. The second-order valence-corrected chi connectivity index (χ2v) is 7.86. The van der Waals surface area contributed by atoms with Gasteiger partial charge in [-0.2, -0.15) is 0 Å². The molecule has 0 amide bonds. The molecule has 0 unspecified atom stereocenters. The number of nitrogens with zero attached hydrogens (tertiary/aromatic N) is 5. The monoisotopic (exact) mass is 466 g/mol. The number of ether oxygens (including phenoxy) is 1. The SMILES string of the molecule is C=Cn1cnc(Oc2ccc(Nc3ncnc4ccc(-c5c(N)noc5C)cc34)cc2C)cc1=N. The highest BCUT2D eigenvalue weighted by Gasteiger charge is 2.15. The van der Waals surface area contributed by atoms with Crippen LogP contribution in [0.25, 0.3) is 28.2 Å². The van der Waals surface area contributed by atoms with Crippen LogP contribution in [0.15, 0.2) is 66.2 Å². The number of nitrogens with one attached hydrogen (secondary N) is 2. The zero-order chi connectivity index (χ0) is 24.5. The van der Waals surface area contributed by atoms with Crippen LogP contribution >= 0.6 is 0 Å². The van der Waals surface area contributed by atoms with Gasteiger partial charge in [-0.3, -0.25) is 9.98 Å². The molecule has 0 spiro atoms. The third-order valence-corrected chi connectivity index (χ3v) is 5.51. The summed E-state index contributed by atoms with van der Waals surface area (Å²) >= 11 is 0. The molecule has 0 aliphatic carbocycles. The molecule has 5 aromatic rings. The van der Waals surface area contributed by atoms with Crippen molar-refractivity contribution in [2.45, 2.75) is 13.8 Å². The maximum Gasteiger partial charge on any atom is 0.224 e. The van der Waals surface area contributed by atoms with Crippen molar-refractivity contribution < 1.29 is 9.26 Å². The molecule has 0 saturated carbocycles. The van der Waals surface area contributed by atoms with E-state index in [1.165, 1.54) is 29.5 Å². The predicted molar refractivity (Wildman–Crippen MR) is 133 cm³/mol. The minimum absolute atomic E-state index is 0.221. The van der Waals surface area contributed by atoms with Crippen molar-refractivity contribution in [1.29, 1.82) is 5.41 Å². The maximum atomic E-state index is 7.97. The fourth-order valence-corrected chi connectivity index (χ4v) is 3.75. The van der Waals surface area contributed by atoms with Gasteiger partial charge < -0.3 is 20.3 Å². The lowest BCUT2D eigenvalue weighted by Crippen LogP contribution is -2.14. The van der Waals surface area contributed by atoms with Crippen LogP contribution in [-0.4, -0.2) is 24.7 Å². The minimum Gasteiger partial charge on any atom is -0.439 e. The average Bonchev–Trinajstić information content (AvgIpc) is 3.18. The van der Waals surface area contributed by atoms with Crippen molar-refractivity contribution >= 4 is 34.4 Å². The number of rotatable bonds is 6. The number of hydrogen-bond donors (Lipinski definition) is 3. The molecular weight excluding hydrogens is 444 g/mol. The number of aryl methyl sites for hydroxylation is 2. The summed E-state index contributed by atoms with van der Waals surface area (Å²) in [6.45, 7) is 7.40. The molecule has 10 heteroatoms. The topological polar surface area (TPSA) is 141 Å². The van der Waals surface area contributed by atoms with E-state index < -0.39 is 0 Å². The first-order valence-corrected chi connectivity index (χ1v) is 10.7. The van der Waals surface area contributed by atoms with E-state index in [0.717, 1.165) is 33.3 Å². The zero-order valence-corrected chi connectivity index (χ0v) is 19.1. The summed E-state index contributed by atoms with van der Waals surface area (Å²) in [5.41, 5.74) is 10.3. The lowest BCUT2D eigenvalue weighted by atomic mass is 10.0. The second kappa shape index (κ2) is 8.75. The number of fused-ring (bicyclic) bond motifs is 1. The first-order chi connectivity index (χ1) is 16.9. The van der Waals surface area contributed by atoms with Gasteiger partial charge in [0.15, 0.2) is 5.82 Å². The molecule has 174 valence electrons. The molecule has 0 radical (unpaired) electrons. The Kier molecular flexibility index (Phi) is 5.46. The van der Waals surface area contributed by atoms with Crippen molar-refractivity contribution in [2.24, 2.45) is 0 Å². The molecule has 0 aliphatic rings. The van der Waals surface area contributed by atoms with E-state index in [9.17, 15) is 0 Å². The highest BCUT2D eigenvalue weighted by atomic mass is 16.5. The number of nitrogen functional groups attached to an aromatic ring is 1. The van der Waals surface area contributed by atoms with E-state index in [2.05, 4.69) is 32.0 Å². The number of hydrogen-bond acceptors (Lipinski definition) is 9. The van der Waals surface area contributed by atoms with Crippen LogP contribution in [0.4, 0.5) is 17.3 Å². The lowest BCUT2D eigenvalue weighted by molar-refractivity contribution is 0.401. The second-order valence-electron chi connectivity index (χ2n) is 7.86. The van der Waals surface area contributed by atoms with E-state index >= 15 is 0 Å². The average molecular weight is 467 g/mol. The summed E-state index contributed by atoms with van der Waals surface area (Å²) in [5.74, 6) is 2.59. The third kappa shape index (κ3) is 4.20. The summed E-state index contributed by atoms with van der Waals surface area (Å²) in [5, 5.41) is 16.0. The number of aromatic nitrogens is 5. The van der Waals surface area contributed by atoms with Crippen molar-refractivity contribution in [3.05, 3.63) is 78.5 Å². The highest BCUT2D eigenvalue weighted by Crippen LogP contribution is 2.34. The van der Waals surface area contributed by atoms with Crippen LogP contribution in [-0.2, 0) is 0 Å². The molecule has 5 rings (SSSR count). The molecular formula is C25H22N8O2. The Morgan fingerprint density at radius 3 is 2.69 bits per heavy atom.